The number of hydrogen-bond donors (Lipinski definition) is 8. The van der Waals surface area contributed by atoms with Gasteiger partial charge in [-0.3, -0.25) is 24.2 Å². The van der Waals surface area contributed by atoms with Gasteiger partial charge in [0.15, 0.2) is 5.96 Å². The van der Waals surface area contributed by atoms with Crippen LogP contribution in [0.1, 0.15) is 52.4 Å². The van der Waals surface area contributed by atoms with E-state index in [4.69, 9.17) is 17.2 Å². The molecule has 198 valence electrons. The molecule has 0 spiro atoms. The average molecular weight is 499 g/mol. The van der Waals surface area contributed by atoms with E-state index < -0.39 is 53.8 Å². The summed E-state index contributed by atoms with van der Waals surface area (Å²) in [6.45, 7) is 4.24. The summed E-state index contributed by atoms with van der Waals surface area (Å²) < 4.78 is 0. The molecule has 0 aromatic rings. The molecule has 1 fully saturated rings. The zero-order valence-electron chi connectivity index (χ0n) is 20.2. The lowest BCUT2D eigenvalue weighted by molar-refractivity contribution is -0.142. The second-order valence-electron chi connectivity index (χ2n) is 8.79. The molecule has 0 aliphatic carbocycles. The molecule has 1 saturated heterocycles. The predicted molar refractivity (Wildman–Crippen MR) is 128 cm³/mol. The van der Waals surface area contributed by atoms with Crippen molar-refractivity contribution in [3.63, 3.8) is 0 Å². The molecule has 0 bridgehead atoms. The van der Waals surface area contributed by atoms with E-state index in [1.807, 2.05) is 0 Å². The van der Waals surface area contributed by atoms with Gasteiger partial charge in [0.2, 0.25) is 23.6 Å². The van der Waals surface area contributed by atoms with Crippen LogP contribution < -0.4 is 38.5 Å². The molecule has 1 rings (SSSR count). The van der Waals surface area contributed by atoms with Crippen molar-refractivity contribution in [2.24, 2.45) is 28.1 Å². The Morgan fingerprint density at radius 3 is 2.20 bits per heavy atom. The van der Waals surface area contributed by atoms with E-state index in [0.29, 0.717) is 19.4 Å². The van der Waals surface area contributed by atoms with Gasteiger partial charge in [0.1, 0.15) is 18.1 Å². The SMILES string of the molecule is CC(C)C(NC(=O)C(CCC(N)=O)NC(=O)C1CCCN1)C(=O)NC(CCCN=C(N)N)C(=O)O. The molecule has 4 unspecified atom stereocenters. The number of carboxylic acids is 1. The Kier molecular flexibility index (Phi) is 12.5. The Morgan fingerprint density at radius 1 is 1.00 bits per heavy atom. The zero-order chi connectivity index (χ0) is 26.5. The van der Waals surface area contributed by atoms with Gasteiger partial charge in [-0.1, -0.05) is 13.8 Å². The molecule has 4 atom stereocenters. The lowest BCUT2D eigenvalue weighted by atomic mass is 10.0. The maximum Gasteiger partial charge on any atom is 0.326 e. The van der Waals surface area contributed by atoms with Crippen LogP contribution in [-0.2, 0) is 24.0 Å². The fourth-order valence-electron chi connectivity index (χ4n) is 3.55. The standard InChI is InChI=1S/C21H38N8O6/c1-11(2)16(19(33)28-14(20(34)35)6-4-10-26-21(23)24)29-18(32)13(7-8-15(22)30)27-17(31)12-5-3-9-25-12/h11-14,16,25H,3-10H2,1-2H3,(H2,22,30)(H,27,31)(H,28,33)(H,29,32)(H,34,35)(H4,23,24,26). The molecule has 1 aliphatic heterocycles. The van der Waals surface area contributed by atoms with Crippen molar-refractivity contribution >= 4 is 35.6 Å². The number of carboxylic acid groups (broad SMARTS) is 1. The number of carbonyl (C=O) groups excluding carboxylic acids is 4. The predicted octanol–water partition coefficient (Wildman–Crippen LogP) is -2.75. The summed E-state index contributed by atoms with van der Waals surface area (Å²) in [6, 6.07) is -3.84. The number of nitrogens with zero attached hydrogens (tertiary/aromatic N) is 1. The van der Waals surface area contributed by atoms with Gasteiger partial charge >= 0.3 is 5.97 Å². The first kappa shape index (κ1) is 29.6. The van der Waals surface area contributed by atoms with Crippen LogP contribution in [0.3, 0.4) is 0 Å². The van der Waals surface area contributed by atoms with Crippen LogP contribution in [0.25, 0.3) is 0 Å². The number of guanidine groups is 1. The maximum absolute atomic E-state index is 13.0. The second kappa shape index (κ2) is 14.8. The van der Waals surface area contributed by atoms with Gasteiger partial charge in [-0.05, 0) is 44.6 Å². The third-order valence-electron chi connectivity index (χ3n) is 5.50. The topological polar surface area (TPSA) is 244 Å². The van der Waals surface area contributed by atoms with Gasteiger partial charge in [-0.2, -0.15) is 0 Å². The summed E-state index contributed by atoms with van der Waals surface area (Å²) in [5.74, 6) is -4.16. The Balaban J connectivity index is 2.86. The normalized spacial score (nSPS) is 17.6. The molecule has 1 heterocycles. The molecule has 35 heavy (non-hydrogen) atoms. The monoisotopic (exact) mass is 498 g/mol. The van der Waals surface area contributed by atoms with Gasteiger partial charge in [-0.25, -0.2) is 4.79 Å². The first-order valence-electron chi connectivity index (χ1n) is 11.6. The van der Waals surface area contributed by atoms with Crippen LogP contribution in [0, 0.1) is 5.92 Å². The lowest BCUT2D eigenvalue weighted by Gasteiger charge is -2.27. The van der Waals surface area contributed by atoms with Crippen molar-refractivity contribution in [2.75, 3.05) is 13.1 Å². The molecule has 0 radical (unpaired) electrons. The summed E-state index contributed by atoms with van der Waals surface area (Å²) >= 11 is 0. The van der Waals surface area contributed by atoms with E-state index in [-0.39, 0.29) is 37.7 Å². The smallest absolute Gasteiger partial charge is 0.326 e. The van der Waals surface area contributed by atoms with Crippen LogP contribution in [0.4, 0.5) is 0 Å². The number of carbonyl (C=O) groups is 5. The van der Waals surface area contributed by atoms with Crippen molar-refractivity contribution in [3.8, 4) is 0 Å². The van der Waals surface area contributed by atoms with E-state index in [1.165, 1.54) is 0 Å². The number of rotatable bonds is 15. The quantitative estimate of drug-likeness (QED) is 0.0661. The Hall–Kier alpha value is -3.42. The number of nitrogens with two attached hydrogens (primary N) is 3. The average Bonchev–Trinajstić information content (AvgIpc) is 3.30. The lowest BCUT2D eigenvalue weighted by Crippen LogP contribution is -2.58. The molecule has 4 amide bonds. The summed E-state index contributed by atoms with van der Waals surface area (Å²) in [5, 5.41) is 20.1. The fourth-order valence-corrected chi connectivity index (χ4v) is 3.55. The molecule has 14 heteroatoms. The first-order chi connectivity index (χ1) is 16.4. The second-order valence-corrected chi connectivity index (χ2v) is 8.79. The number of hydrogen-bond acceptors (Lipinski definition) is 7. The number of aliphatic imine (C=N–C) groups is 1. The summed E-state index contributed by atoms with van der Waals surface area (Å²) in [6.07, 6.45) is 1.63. The molecule has 0 aromatic heterocycles. The van der Waals surface area contributed by atoms with Crippen LogP contribution in [0.2, 0.25) is 0 Å². The third kappa shape index (κ3) is 11.0. The fraction of sp³-hybridized carbons (Fsp3) is 0.714. The van der Waals surface area contributed by atoms with Crippen molar-refractivity contribution < 1.29 is 29.1 Å². The van der Waals surface area contributed by atoms with Crippen molar-refractivity contribution in [1.82, 2.24) is 21.3 Å². The highest BCUT2D eigenvalue weighted by Crippen LogP contribution is 2.09. The Morgan fingerprint density at radius 2 is 1.69 bits per heavy atom. The highest BCUT2D eigenvalue weighted by molar-refractivity contribution is 5.94. The van der Waals surface area contributed by atoms with Gasteiger partial charge < -0.3 is 43.6 Å². The van der Waals surface area contributed by atoms with E-state index in [0.717, 1.165) is 6.42 Å². The van der Waals surface area contributed by atoms with Crippen molar-refractivity contribution in [1.29, 1.82) is 0 Å². The van der Waals surface area contributed by atoms with E-state index in [1.54, 1.807) is 13.8 Å². The number of amides is 4. The van der Waals surface area contributed by atoms with Gasteiger partial charge in [-0.15, -0.1) is 0 Å². The van der Waals surface area contributed by atoms with E-state index in [9.17, 15) is 29.1 Å². The van der Waals surface area contributed by atoms with Crippen molar-refractivity contribution in [2.45, 2.75) is 76.5 Å². The van der Waals surface area contributed by atoms with E-state index >= 15 is 0 Å². The minimum atomic E-state index is -1.24. The highest BCUT2D eigenvalue weighted by atomic mass is 16.4. The largest absolute Gasteiger partial charge is 0.480 e. The molecular weight excluding hydrogens is 460 g/mol. The highest BCUT2D eigenvalue weighted by Gasteiger charge is 2.32. The van der Waals surface area contributed by atoms with E-state index in [2.05, 4.69) is 26.3 Å². The number of primary amides is 1. The van der Waals surface area contributed by atoms with Crippen LogP contribution in [-0.4, -0.2) is 77.9 Å². The molecule has 11 N–H and O–H groups in total. The summed E-state index contributed by atoms with van der Waals surface area (Å²) in [4.78, 5) is 65.0. The number of nitrogens with one attached hydrogen (secondary N) is 4. The Labute approximate surface area is 204 Å². The molecular formula is C21H38N8O6. The summed E-state index contributed by atoms with van der Waals surface area (Å²) in [7, 11) is 0. The summed E-state index contributed by atoms with van der Waals surface area (Å²) in [5.41, 5.74) is 15.7. The maximum atomic E-state index is 13.0. The van der Waals surface area contributed by atoms with Gasteiger partial charge in [0.25, 0.3) is 0 Å². The number of aliphatic carboxylic acids is 1. The van der Waals surface area contributed by atoms with Crippen LogP contribution >= 0.6 is 0 Å². The molecule has 14 nitrogen and oxygen atoms in total. The minimum absolute atomic E-state index is 0.0470. The minimum Gasteiger partial charge on any atom is -0.480 e. The Bertz CT molecular complexity index is 793. The van der Waals surface area contributed by atoms with Gasteiger partial charge in [0.05, 0.1) is 6.04 Å². The van der Waals surface area contributed by atoms with Gasteiger partial charge in [0, 0.05) is 13.0 Å². The van der Waals surface area contributed by atoms with Crippen LogP contribution in [0.15, 0.2) is 4.99 Å². The van der Waals surface area contributed by atoms with Crippen LogP contribution in [0.5, 0.6) is 0 Å². The molecule has 1 aliphatic rings. The molecule has 0 saturated carbocycles. The first-order valence-corrected chi connectivity index (χ1v) is 11.6. The third-order valence-corrected chi connectivity index (χ3v) is 5.50. The zero-order valence-corrected chi connectivity index (χ0v) is 20.2. The van der Waals surface area contributed by atoms with Crippen molar-refractivity contribution in [3.05, 3.63) is 0 Å². The molecule has 0 aromatic carbocycles.